The van der Waals surface area contributed by atoms with Crippen molar-refractivity contribution in [3.05, 3.63) is 60.6 Å². The summed E-state index contributed by atoms with van der Waals surface area (Å²) in [4.78, 5) is 16.2. The zero-order valence-corrected chi connectivity index (χ0v) is 21.1. The molecule has 0 radical (unpaired) electrons. The summed E-state index contributed by atoms with van der Waals surface area (Å²) in [5.74, 6) is 0.312. The molecule has 0 spiro atoms. The zero-order valence-electron chi connectivity index (χ0n) is 21.1. The second-order valence-corrected chi connectivity index (χ2v) is 9.84. The maximum absolute atomic E-state index is 14.1. The van der Waals surface area contributed by atoms with Gasteiger partial charge in [-0.2, -0.15) is 10.4 Å². The van der Waals surface area contributed by atoms with Crippen molar-refractivity contribution in [3.63, 3.8) is 0 Å². The maximum Gasteiger partial charge on any atom is 0.141 e. The van der Waals surface area contributed by atoms with E-state index >= 15 is 0 Å². The lowest BCUT2D eigenvalue weighted by Gasteiger charge is -2.34. The molecule has 0 saturated carbocycles. The van der Waals surface area contributed by atoms with E-state index in [-0.39, 0.29) is 18.0 Å². The van der Waals surface area contributed by atoms with Gasteiger partial charge in [0.05, 0.1) is 30.4 Å². The first-order valence-electron chi connectivity index (χ1n) is 12.5. The quantitative estimate of drug-likeness (QED) is 0.369. The van der Waals surface area contributed by atoms with E-state index in [1.807, 2.05) is 48.2 Å². The first-order valence-corrected chi connectivity index (χ1v) is 12.5. The Balaban J connectivity index is 1.21. The van der Waals surface area contributed by atoms with E-state index in [9.17, 15) is 9.65 Å². The molecule has 0 unspecified atom stereocenters. The summed E-state index contributed by atoms with van der Waals surface area (Å²) >= 11 is 0. The van der Waals surface area contributed by atoms with Crippen molar-refractivity contribution in [2.45, 2.75) is 38.0 Å². The molecule has 192 valence electrons. The van der Waals surface area contributed by atoms with Crippen LogP contribution in [0.4, 0.5) is 4.39 Å². The average Bonchev–Trinajstić information content (AvgIpc) is 3.54. The zero-order chi connectivity index (χ0) is 25.8. The number of likely N-dealkylation sites (tertiary alicyclic amines) is 1. The summed E-state index contributed by atoms with van der Waals surface area (Å²) in [6.45, 7) is 3.07. The van der Waals surface area contributed by atoms with Crippen LogP contribution in [0.15, 0.2) is 49.2 Å². The summed E-state index contributed by atoms with van der Waals surface area (Å²) < 4.78 is 22.1. The van der Waals surface area contributed by atoms with Gasteiger partial charge in [-0.1, -0.05) is 0 Å². The van der Waals surface area contributed by atoms with Crippen molar-refractivity contribution in [1.29, 1.82) is 5.26 Å². The Hall–Kier alpha value is -3.81. The van der Waals surface area contributed by atoms with E-state index in [0.29, 0.717) is 18.7 Å². The molecule has 0 aliphatic carbocycles. The Morgan fingerprint density at radius 3 is 2.86 bits per heavy atom. The number of piperidine rings is 1. The minimum atomic E-state index is -0.274. The van der Waals surface area contributed by atoms with Crippen molar-refractivity contribution < 1.29 is 9.13 Å². The number of hydrogen-bond acceptors (Lipinski definition) is 7. The molecule has 1 N–H and O–H groups in total. The van der Waals surface area contributed by atoms with E-state index in [2.05, 4.69) is 31.0 Å². The number of nitriles is 1. The number of hydrogen-bond donors (Lipinski definition) is 1. The molecule has 3 aromatic heterocycles. The highest BCUT2D eigenvalue weighted by Crippen LogP contribution is 2.27. The Morgan fingerprint density at radius 2 is 2.08 bits per heavy atom. The highest BCUT2D eigenvalue weighted by Gasteiger charge is 2.24. The third-order valence-electron chi connectivity index (χ3n) is 6.67. The second kappa shape index (κ2) is 11.1. The summed E-state index contributed by atoms with van der Waals surface area (Å²) in [6, 6.07) is 9.13. The molecule has 1 fully saturated rings. The van der Waals surface area contributed by atoms with Crippen molar-refractivity contribution >= 4 is 11.0 Å². The van der Waals surface area contributed by atoms with Gasteiger partial charge in [-0.05, 0) is 50.7 Å². The monoisotopic (exact) mass is 502 g/mol. The van der Waals surface area contributed by atoms with Crippen LogP contribution in [0.25, 0.3) is 22.3 Å². The first-order chi connectivity index (χ1) is 18.0. The molecule has 1 saturated heterocycles. The number of fused-ring (bicyclic) bond motifs is 1. The topological polar surface area (TPSA) is 98.9 Å². The molecular formula is C27H31FN8O. The third-order valence-corrected chi connectivity index (χ3v) is 6.67. The molecule has 1 aromatic carbocycles. The van der Waals surface area contributed by atoms with Crippen molar-refractivity contribution in [2.75, 3.05) is 33.7 Å². The fourth-order valence-corrected chi connectivity index (χ4v) is 4.95. The average molecular weight is 503 g/mol. The van der Waals surface area contributed by atoms with Crippen molar-refractivity contribution in [1.82, 2.24) is 34.5 Å². The van der Waals surface area contributed by atoms with Gasteiger partial charge in [-0.3, -0.25) is 4.68 Å². The number of halogens is 1. The van der Waals surface area contributed by atoms with Crippen LogP contribution in [-0.4, -0.2) is 74.4 Å². The number of nitrogens with one attached hydrogen (secondary N) is 1. The van der Waals surface area contributed by atoms with E-state index in [1.54, 1.807) is 12.3 Å². The van der Waals surface area contributed by atoms with Crippen LogP contribution >= 0.6 is 0 Å². The van der Waals surface area contributed by atoms with Crippen LogP contribution < -0.4 is 4.74 Å². The van der Waals surface area contributed by atoms with E-state index in [0.717, 1.165) is 60.3 Å². The number of rotatable bonds is 9. The largest absolute Gasteiger partial charge is 0.490 e. The minimum Gasteiger partial charge on any atom is -0.490 e. The number of aromatic nitrogens is 5. The normalized spacial score (nSPS) is 15.8. The van der Waals surface area contributed by atoms with Crippen LogP contribution in [0, 0.1) is 17.1 Å². The highest BCUT2D eigenvalue weighted by atomic mass is 19.1. The minimum absolute atomic E-state index is 0.0394. The number of ether oxygens (including phenoxy) is 1. The predicted molar refractivity (Wildman–Crippen MR) is 138 cm³/mol. The van der Waals surface area contributed by atoms with Gasteiger partial charge in [-0.15, -0.1) is 0 Å². The van der Waals surface area contributed by atoms with Crippen molar-refractivity contribution in [3.8, 4) is 23.1 Å². The predicted octanol–water partition coefficient (Wildman–Crippen LogP) is 4.02. The molecule has 9 nitrogen and oxygen atoms in total. The molecule has 5 rings (SSSR count). The molecule has 1 aliphatic rings. The standard InChI is InChI=1S/C27H31FN8O/c1-34(2)15-19-11-21(28)13-24(12-19)37-23-5-9-35(10-6-23)17-22(3-7-29)36-16-20(14-33-36)26-25-4-8-30-27(25)32-18-31-26/h4,8,11-14,16,18,22-23H,3,5-6,9-10,15,17H2,1-2H3,(H,30,31,32)/t22-/m1/s1. The molecule has 1 atom stereocenters. The highest BCUT2D eigenvalue weighted by molar-refractivity contribution is 5.89. The molecule has 1 aliphatic heterocycles. The lowest BCUT2D eigenvalue weighted by Crippen LogP contribution is -2.41. The van der Waals surface area contributed by atoms with Gasteiger partial charge in [0.2, 0.25) is 0 Å². The fourth-order valence-electron chi connectivity index (χ4n) is 4.95. The smallest absolute Gasteiger partial charge is 0.141 e. The van der Waals surface area contributed by atoms with Crippen LogP contribution in [0.2, 0.25) is 0 Å². The van der Waals surface area contributed by atoms with Gasteiger partial charge in [0.1, 0.15) is 29.6 Å². The Kier molecular flexibility index (Phi) is 7.44. The number of H-pyrrole nitrogens is 1. The van der Waals surface area contributed by atoms with Crippen LogP contribution in [0.5, 0.6) is 5.75 Å². The van der Waals surface area contributed by atoms with Crippen LogP contribution in [0.1, 0.15) is 30.9 Å². The lowest BCUT2D eigenvalue weighted by atomic mass is 10.1. The molecule has 4 aromatic rings. The molecule has 0 amide bonds. The van der Waals surface area contributed by atoms with Crippen molar-refractivity contribution in [2.24, 2.45) is 0 Å². The number of aromatic amines is 1. The third kappa shape index (κ3) is 5.96. The Bertz CT molecular complexity index is 1380. The van der Waals surface area contributed by atoms with E-state index in [1.165, 1.54) is 12.4 Å². The molecular weight excluding hydrogens is 471 g/mol. The summed E-state index contributed by atoms with van der Waals surface area (Å²) in [6.07, 6.45) is 9.22. The van der Waals surface area contributed by atoms with Gasteiger partial charge < -0.3 is 19.5 Å². The summed E-state index contributed by atoms with van der Waals surface area (Å²) in [7, 11) is 3.92. The number of benzene rings is 1. The molecule has 10 heteroatoms. The van der Waals surface area contributed by atoms with E-state index in [4.69, 9.17) is 4.74 Å². The van der Waals surface area contributed by atoms with Gasteiger partial charge in [0.25, 0.3) is 0 Å². The summed E-state index contributed by atoms with van der Waals surface area (Å²) in [5.41, 5.74) is 3.39. The van der Waals surface area contributed by atoms with Crippen LogP contribution in [0.3, 0.4) is 0 Å². The number of nitrogens with zero attached hydrogens (tertiary/aromatic N) is 7. The van der Waals surface area contributed by atoms with Gasteiger partial charge in [-0.25, -0.2) is 14.4 Å². The van der Waals surface area contributed by atoms with Gasteiger partial charge >= 0.3 is 0 Å². The SMILES string of the molecule is CN(C)Cc1cc(F)cc(OC2CCN(C[C@@H](CC#N)n3cc(-c4ncnc5[nH]ccc45)cn3)CC2)c1. The molecule has 0 bridgehead atoms. The fraction of sp³-hybridized carbons (Fsp3) is 0.407. The Labute approximate surface area is 215 Å². The lowest BCUT2D eigenvalue weighted by molar-refractivity contribution is 0.0908. The van der Waals surface area contributed by atoms with Gasteiger partial charge in [0.15, 0.2) is 0 Å². The maximum atomic E-state index is 14.1. The summed E-state index contributed by atoms with van der Waals surface area (Å²) in [5, 5.41) is 15.0. The van der Waals surface area contributed by atoms with Gasteiger partial charge in [0, 0.05) is 55.6 Å². The molecule has 37 heavy (non-hydrogen) atoms. The Morgan fingerprint density at radius 1 is 1.24 bits per heavy atom. The molecule has 4 heterocycles. The van der Waals surface area contributed by atoms with Crippen LogP contribution in [-0.2, 0) is 6.54 Å². The first kappa shape index (κ1) is 24.9. The van der Waals surface area contributed by atoms with E-state index < -0.39 is 0 Å². The second-order valence-electron chi connectivity index (χ2n) is 9.84.